The van der Waals surface area contributed by atoms with Gasteiger partial charge in [0.1, 0.15) is 5.41 Å². The number of hydrogen-bond donors (Lipinski definition) is 1. The highest BCUT2D eigenvalue weighted by Gasteiger charge is 2.40. The van der Waals surface area contributed by atoms with Gasteiger partial charge in [-0.05, 0) is 19.3 Å². The number of nitrogens with zero attached hydrogens (tertiary/aromatic N) is 1. The molecule has 0 atom stereocenters. The third-order valence-electron chi connectivity index (χ3n) is 2.81. The molecule has 0 aromatic rings. The lowest BCUT2D eigenvalue weighted by Gasteiger charge is -2.29. The number of hydrogen-bond acceptors (Lipinski definition) is 4. The Kier molecular flexibility index (Phi) is 5.23. The minimum atomic E-state index is -0.884. The van der Waals surface area contributed by atoms with Crippen molar-refractivity contribution in [3.8, 4) is 6.07 Å². The third-order valence-corrected chi connectivity index (χ3v) is 2.81. The minimum absolute atomic E-state index is 0.172. The van der Waals surface area contributed by atoms with Gasteiger partial charge >= 0.3 is 0 Å². The number of methoxy groups -OCH3 is 1. The molecule has 1 amide bonds. The van der Waals surface area contributed by atoms with Crippen molar-refractivity contribution in [1.82, 2.24) is 5.32 Å². The van der Waals surface area contributed by atoms with E-state index in [1.165, 1.54) is 0 Å². The first-order valence-corrected chi connectivity index (χ1v) is 5.51. The Hall–Kier alpha value is -1.12. The first kappa shape index (κ1) is 12.9. The Morgan fingerprint density at radius 3 is 2.81 bits per heavy atom. The van der Waals surface area contributed by atoms with Crippen LogP contribution >= 0.6 is 0 Å². The summed E-state index contributed by atoms with van der Waals surface area (Å²) in [6.45, 7) is 2.14. The summed E-state index contributed by atoms with van der Waals surface area (Å²) >= 11 is 0. The molecule has 0 aromatic heterocycles. The van der Waals surface area contributed by atoms with E-state index in [0.717, 1.165) is 6.42 Å². The third kappa shape index (κ3) is 3.19. The molecule has 1 N–H and O–H groups in total. The summed E-state index contributed by atoms with van der Waals surface area (Å²) < 4.78 is 10.1. The van der Waals surface area contributed by atoms with Gasteiger partial charge in [-0.25, -0.2) is 0 Å². The fourth-order valence-corrected chi connectivity index (χ4v) is 1.70. The second-order valence-electron chi connectivity index (χ2n) is 3.91. The van der Waals surface area contributed by atoms with E-state index in [2.05, 4.69) is 11.4 Å². The van der Waals surface area contributed by atoms with Gasteiger partial charge in [0, 0.05) is 33.5 Å². The molecule has 1 aliphatic rings. The molecule has 0 radical (unpaired) electrons. The van der Waals surface area contributed by atoms with Crippen LogP contribution in [0.1, 0.15) is 19.3 Å². The number of rotatable bonds is 5. The summed E-state index contributed by atoms with van der Waals surface area (Å²) in [5.74, 6) is -0.172. The average molecular weight is 226 g/mol. The van der Waals surface area contributed by atoms with E-state index in [9.17, 15) is 4.79 Å². The van der Waals surface area contributed by atoms with Crippen LogP contribution in [0.15, 0.2) is 0 Å². The quantitative estimate of drug-likeness (QED) is 0.691. The second-order valence-corrected chi connectivity index (χ2v) is 3.91. The van der Waals surface area contributed by atoms with Gasteiger partial charge in [-0.1, -0.05) is 0 Å². The lowest BCUT2D eigenvalue weighted by Crippen LogP contribution is -2.44. The number of nitrogens with one attached hydrogen (secondary N) is 1. The second kappa shape index (κ2) is 6.46. The molecule has 16 heavy (non-hydrogen) atoms. The van der Waals surface area contributed by atoms with Crippen LogP contribution in [-0.4, -0.2) is 39.4 Å². The summed E-state index contributed by atoms with van der Waals surface area (Å²) in [6.07, 6.45) is 1.74. The predicted octanol–water partition coefficient (Wildman–Crippen LogP) is 0.459. The lowest BCUT2D eigenvalue weighted by molar-refractivity contribution is -0.132. The van der Waals surface area contributed by atoms with Crippen molar-refractivity contribution < 1.29 is 14.3 Å². The van der Waals surface area contributed by atoms with E-state index in [4.69, 9.17) is 14.7 Å². The molecule has 1 rings (SSSR count). The van der Waals surface area contributed by atoms with Crippen LogP contribution in [0.3, 0.4) is 0 Å². The van der Waals surface area contributed by atoms with Crippen LogP contribution in [0.25, 0.3) is 0 Å². The summed E-state index contributed by atoms with van der Waals surface area (Å²) in [6, 6.07) is 2.13. The van der Waals surface area contributed by atoms with E-state index in [1.54, 1.807) is 7.11 Å². The van der Waals surface area contributed by atoms with Gasteiger partial charge in [-0.3, -0.25) is 4.79 Å². The molecule has 0 aliphatic carbocycles. The molecule has 5 nitrogen and oxygen atoms in total. The minimum Gasteiger partial charge on any atom is -0.385 e. The van der Waals surface area contributed by atoms with Gasteiger partial charge in [0.25, 0.3) is 0 Å². The van der Waals surface area contributed by atoms with E-state index >= 15 is 0 Å². The first-order chi connectivity index (χ1) is 7.75. The topological polar surface area (TPSA) is 71.3 Å². The van der Waals surface area contributed by atoms with Gasteiger partial charge in [-0.15, -0.1) is 0 Å². The van der Waals surface area contributed by atoms with Crippen LogP contribution in [0.5, 0.6) is 0 Å². The van der Waals surface area contributed by atoms with Crippen molar-refractivity contribution in [2.24, 2.45) is 5.41 Å². The number of ether oxygens (including phenoxy) is 2. The Labute approximate surface area is 95.7 Å². The van der Waals surface area contributed by atoms with Crippen molar-refractivity contribution in [2.45, 2.75) is 19.3 Å². The summed E-state index contributed by atoms with van der Waals surface area (Å²) in [5.41, 5.74) is -0.884. The molecular weight excluding hydrogens is 208 g/mol. The number of nitriles is 1. The fourth-order valence-electron chi connectivity index (χ4n) is 1.70. The van der Waals surface area contributed by atoms with Gasteiger partial charge in [0.2, 0.25) is 5.91 Å². The van der Waals surface area contributed by atoms with Crippen LogP contribution in [0.2, 0.25) is 0 Å². The van der Waals surface area contributed by atoms with E-state index in [-0.39, 0.29) is 5.91 Å². The van der Waals surface area contributed by atoms with Crippen LogP contribution in [0, 0.1) is 16.7 Å². The van der Waals surface area contributed by atoms with E-state index in [0.29, 0.717) is 39.2 Å². The highest BCUT2D eigenvalue weighted by atomic mass is 16.5. The van der Waals surface area contributed by atoms with Crippen molar-refractivity contribution >= 4 is 5.91 Å². The maximum atomic E-state index is 11.9. The van der Waals surface area contributed by atoms with Gasteiger partial charge in [0.15, 0.2) is 0 Å². The first-order valence-electron chi connectivity index (χ1n) is 5.51. The average Bonchev–Trinajstić information content (AvgIpc) is 2.35. The van der Waals surface area contributed by atoms with Crippen molar-refractivity contribution in [1.29, 1.82) is 5.26 Å². The molecule has 5 heteroatoms. The molecule has 0 saturated carbocycles. The highest BCUT2D eigenvalue weighted by Crippen LogP contribution is 2.29. The monoisotopic (exact) mass is 226 g/mol. The smallest absolute Gasteiger partial charge is 0.240 e. The molecule has 90 valence electrons. The van der Waals surface area contributed by atoms with Crippen LogP contribution < -0.4 is 5.32 Å². The maximum absolute atomic E-state index is 11.9. The lowest BCUT2D eigenvalue weighted by atomic mass is 9.81. The maximum Gasteiger partial charge on any atom is 0.240 e. The normalized spacial score (nSPS) is 18.8. The molecule has 0 aromatic carbocycles. The molecule has 0 unspecified atom stereocenters. The molecular formula is C11H18N2O3. The van der Waals surface area contributed by atoms with E-state index < -0.39 is 5.41 Å². The van der Waals surface area contributed by atoms with Crippen molar-refractivity contribution in [3.05, 3.63) is 0 Å². The largest absolute Gasteiger partial charge is 0.385 e. The number of carbonyl (C=O) groups excluding carboxylic acids is 1. The standard InChI is InChI=1S/C11H18N2O3/c1-15-6-2-5-13-10(14)11(9-12)3-7-16-8-4-11/h2-8H2,1H3,(H,13,14). The molecule has 0 spiro atoms. The van der Waals surface area contributed by atoms with E-state index in [1.807, 2.05) is 0 Å². The summed E-state index contributed by atoms with van der Waals surface area (Å²) in [7, 11) is 1.62. The zero-order valence-electron chi connectivity index (χ0n) is 9.62. The zero-order chi connectivity index (χ0) is 11.9. The van der Waals surface area contributed by atoms with Crippen LogP contribution in [0.4, 0.5) is 0 Å². The number of carbonyl (C=O) groups is 1. The molecule has 1 heterocycles. The van der Waals surface area contributed by atoms with Crippen molar-refractivity contribution in [3.63, 3.8) is 0 Å². The van der Waals surface area contributed by atoms with Gasteiger partial charge in [-0.2, -0.15) is 5.26 Å². The van der Waals surface area contributed by atoms with Crippen LogP contribution in [-0.2, 0) is 14.3 Å². The van der Waals surface area contributed by atoms with Crippen molar-refractivity contribution in [2.75, 3.05) is 33.5 Å². The molecule has 0 bridgehead atoms. The Morgan fingerprint density at radius 1 is 1.56 bits per heavy atom. The zero-order valence-corrected chi connectivity index (χ0v) is 9.62. The highest BCUT2D eigenvalue weighted by molar-refractivity contribution is 5.85. The Bertz CT molecular complexity index is 267. The fraction of sp³-hybridized carbons (Fsp3) is 0.818. The Morgan fingerprint density at radius 2 is 2.25 bits per heavy atom. The molecule has 1 saturated heterocycles. The molecule has 1 aliphatic heterocycles. The Balaban J connectivity index is 2.40. The predicted molar refractivity (Wildman–Crippen MR) is 57.6 cm³/mol. The summed E-state index contributed by atoms with van der Waals surface area (Å²) in [5, 5.41) is 11.9. The molecule has 1 fully saturated rings. The summed E-state index contributed by atoms with van der Waals surface area (Å²) in [4.78, 5) is 11.9. The van der Waals surface area contributed by atoms with Gasteiger partial charge in [0.05, 0.1) is 6.07 Å². The SMILES string of the molecule is COCCCNC(=O)C1(C#N)CCOCC1. The van der Waals surface area contributed by atoms with Gasteiger partial charge < -0.3 is 14.8 Å². The number of amides is 1.